The van der Waals surface area contributed by atoms with E-state index in [2.05, 4.69) is 5.32 Å². The molecule has 1 aromatic carbocycles. The van der Waals surface area contributed by atoms with E-state index in [1.54, 1.807) is 6.92 Å². The summed E-state index contributed by atoms with van der Waals surface area (Å²) in [6, 6.07) is 7.56. The van der Waals surface area contributed by atoms with Crippen molar-refractivity contribution in [1.82, 2.24) is 5.32 Å². The summed E-state index contributed by atoms with van der Waals surface area (Å²) < 4.78 is 0. The predicted molar refractivity (Wildman–Crippen MR) is 88.0 cm³/mol. The number of halogens is 1. The molecular formula is C17H24ClNO3. The Kier molecular flexibility index (Phi) is 6.88. The van der Waals surface area contributed by atoms with Crippen LogP contribution in [0.3, 0.4) is 0 Å². The molecule has 1 amide bonds. The van der Waals surface area contributed by atoms with Crippen molar-refractivity contribution in [2.45, 2.75) is 52.0 Å². The van der Waals surface area contributed by atoms with Gasteiger partial charge in [-0.2, -0.15) is 0 Å². The van der Waals surface area contributed by atoms with Crippen molar-refractivity contribution in [2.75, 3.05) is 0 Å². The van der Waals surface area contributed by atoms with Crippen LogP contribution in [0.4, 0.5) is 0 Å². The number of amides is 1. The standard InChI is InChI=1S/C17H24ClNO3/c1-12(2)17(3,11-16(21)22)19-15(20)6-4-5-13-7-9-14(18)10-8-13/h7-10,12H,4-6,11H2,1-3H3,(H,19,20)(H,21,22). The zero-order valence-electron chi connectivity index (χ0n) is 13.4. The van der Waals surface area contributed by atoms with Crippen LogP contribution < -0.4 is 5.32 Å². The van der Waals surface area contributed by atoms with Crippen molar-refractivity contribution < 1.29 is 14.7 Å². The van der Waals surface area contributed by atoms with E-state index in [0.717, 1.165) is 12.0 Å². The molecule has 0 heterocycles. The zero-order chi connectivity index (χ0) is 16.8. The molecule has 0 bridgehead atoms. The minimum atomic E-state index is -0.905. The number of benzene rings is 1. The summed E-state index contributed by atoms with van der Waals surface area (Å²) in [5, 5.41) is 12.6. The van der Waals surface area contributed by atoms with Gasteiger partial charge in [-0.15, -0.1) is 0 Å². The van der Waals surface area contributed by atoms with Crippen molar-refractivity contribution >= 4 is 23.5 Å². The van der Waals surface area contributed by atoms with Crippen LogP contribution in [0.1, 0.15) is 45.6 Å². The van der Waals surface area contributed by atoms with Gasteiger partial charge in [-0.3, -0.25) is 9.59 Å². The molecule has 0 aliphatic heterocycles. The summed E-state index contributed by atoms with van der Waals surface area (Å²) in [6.07, 6.45) is 1.81. The van der Waals surface area contributed by atoms with E-state index < -0.39 is 11.5 Å². The minimum Gasteiger partial charge on any atom is -0.481 e. The van der Waals surface area contributed by atoms with Gasteiger partial charge in [0.1, 0.15) is 0 Å². The average molecular weight is 326 g/mol. The molecule has 0 aliphatic rings. The highest BCUT2D eigenvalue weighted by Gasteiger charge is 2.32. The number of carboxylic acids is 1. The second-order valence-electron chi connectivity index (χ2n) is 6.17. The van der Waals surface area contributed by atoms with Gasteiger partial charge in [0.15, 0.2) is 0 Å². The molecule has 4 nitrogen and oxygen atoms in total. The fourth-order valence-electron chi connectivity index (χ4n) is 2.19. The number of carbonyl (C=O) groups excluding carboxylic acids is 1. The molecule has 0 aliphatic carbocycles. The molecule has 0 saturated heterocycles. The molecule has 0 aromatic heterocycles. The van der Waals surface area contributed by atoms with E-state index >= 15 is 0 Å². The lowest BCUT2D eigenvalue weighted by atomic mass is 9.85. The number of carboxylic acid groups (broad SMARTS) is 1. The summed E-state index contributed by atoms with van der Waals surface area (Å²) in [4.78, 5) is 23.0. The minimum absolute atomic E-state index is 0.0452. The maximum Gasteiger partial charge on any atom is 0.305 e. The van der Waals surface area contributed by atoms with E-state index in [1.807, 2.05) is 38.1 Å². The SMILES string of the molecule is CC(C)C(C)(CC(=O)O)NC(=O)CCCc1ccc(Cl)cc1. The molecule has 0 radical (unpaired) electrons. The Hall–Kier alpha value is -1.55. The molecule has 1 aromatic rings. The fourth-order valence-corrected chi connectivity index (χ4v) is 2.32. The van der Waals surface area contributed by atoms with Crippen LogP contribution in [0, 0.1) is 5.92 Å². The smallest absolute Gasteiger partial charge is 0.305 e. The van der Waals surface area contributed by atoms with Gasteiger partial charge in [-0.1, -0.05) is 37.6 Å². The Morgan fingerprint density at radius 1 is 1.27 bits per heavy atom. The number of rotatable bonds is 8. The Balaban J connectivity index is 2.47. The Bertz CT molecular complexity index is 513. The first-order valence-corrected chi connectivity index (χ1v) is 7.88. The maximum absolute atomic E-state index is 12.1. The highest BCUT2D eigenvalue weighted by molar-refractivity contribution is 6.30. The van der Waals surface area contributed by atoms with Crippen molar-refractivity contribution in [2.24, 2.45) is 5.92 Å². The number of carbonyl (C=O) groups is 2. The maximum atomic E-state index is 12.1. The van der Waals surface area contributed by atoms with Gasteiger partial charge >= 0.3 is 5.97 Å². The molecule has 1 rings (SSSR count). The lowest BCUT2D eigenvalue weighted by Crippen LogP contribution is -2.51. The summed E-state index contributed by atoms with van der Waals surface area (Å²) in [5.74, 6) is -0.965. The van der Waals surface area contributed by atoms with Gasteiger partial charge in [-0.25, -0.2) is 0 Å². The number of aryl methyl sites for hydroxylation is 1. The van der Waals surface area contributed by atoms with E-state index in [9.17, 15) is 9.59 Å². The van der Waals surface area contributed by atoms with Gasteiger partial charge in [0, 0.05) is 17.0 Å². The summed E-state index contributed by atoms with van der Waals surface area (Å²) >= 11 is 5.83. The molecule has 1 atom stereocenters. The number of hydrogen-bond acceptors (Lipinski definition) is 2. The van der Waals surface area contributed by atoms with E-state index in [4.69, 9.17) is 16.7 Å². The van der Waals surface area contributed by atoms with E-state index in [1.165, 1.54) is 0 Å². The van der Waals surface area contributed by atoms with Gasteiger partial charge in [0.05, 0.1) is 6.42 Å². The van der Waals surface area contributed by atoms with E-state index in [-0.39, 0.29) is 18.2 Å². The fraction of sp³-hybridized carbons (Fsp3) is 0.529. The Morgan fingerprint density at radius 2 is 1.86 bits per heavy atom. The van der Waals surface area contributed by atoms with Gasteiger partial charge < -0.3 is 10.4 Å². The van der Waals surface area contributed by atoms with Crippen LogP contribution in [0.15, 0.2) is 24.3 Å². The quantitative estimate of drug-likeness (QED) is 0.766. The number of hydrogen-bond donors (Lipinski definition) is 2. The normalized spacial score (nSPS) is 13.7. The Labute approximate surface area is 136 Å². The lowest BCUT2D eigenvalue weighted by molar-refractivity contribution is -0.139. The van der Waals surface area contributed by atoms with Crippen LogP contribution in [0.5, 0.6) is 0 Å². The van der Waals surface area contributed by atoms with Crippen LogP contribution in [-0.4, -0.2) is 22.5 Å². The zero-order valence-corrected chi connectivity index (χ0v) is 14.1. The van der Waals surface area contributed by atoms with Crippen molar-refractivity contribution in [3.63, 3.8) is 0 Å². The van der Waals surface area contributed by atoms with Crippen LogP contribution in [-0.2, 0) is 16.0 Å². The van der Waals surface area contributed by atoms with Gasteiger partial charge in [-0.05, 0) is 43.4 Å². The monoisotopic (exact) mass is 325 g/mol. The van der Waals surface area contributed by atoms with Gasteiger partial charge in [0.25, 0.3) is 0 Å². The largest absolute Gasteiger partial charge is 0.481 e. The third-order valence-corrected chi connectivity index (χ3v) is 4.25. The summed E-state index contributed by atoms with van der Waals surface area (Å²) in [7, 11) is 0. The van der Waals surface area contributed by atoms with Crippen molar-refractivity contribution in [1.29, 1.82) is 0 Å². The molecule has 122 valence electrons. The predicted octanol–water partition coefficient (Wildman–Crippen LogP) is 3.67. The first-order chi connectivity index (χ1) is 10.2. The summed E-state index contributed by atoms with van der Waals surface area (Å²) in [6.45, 7) is 5.61. The van der Waals surface area contributed by atoms with Crippen LogP contribution in [0.25, 0.3) is 0 Å². The first kappa shape index (κ1) is 18.5. The number of nitrogens with one attached hydrogen (secondary N) is 1. The van der Waals surface area contributed by atoms with Gasteiger partial charge in [0.2, 0.25) is 5.91 Å². The third-order valence-electron chi connectivity index (χ3n) is 4.00. The highest BCUT2D eigenvalue weighted by atomic mass is 35.5. The highest BCUT2D eigenvalue weighted by Crippen LogP contribution is 2.21. The topological polar surface area (TPSA) is 66.4 Å². The second kappa shape index (κ2) is 8.18. The molecule has 5 heteroatoms. The first-order valence-electron chi connectivity index (χ1n) is 7.50. The summed E-state index contributed by atoms with van der Waals surface area (Å²) in [5.41, 5.74) is 0.415. The molecule has 22 heavy (non-hydrogen) atoms. The molecule has 0 spiro atoms. The van der Waals surface area contributed by atoms with Crippen LogP contribution in [0.2, 0.25) is 5.02 Å². The molecule has 0 saturated carbocycles. The molecular weight excluding hydrogens is 302 g/mol. The van der Waals surface area contributed by atoms with Crippen molar-refractivity contribution in [3.05, 3.63) is 34.9 Å². The Morgan fingerprint density at radius 3 is 2.36 bits per heavy atom. The molecule has 1 unspecified atom stereocenters. The third kappa shape index (κ3) is 6.06. The van der Waals surface area contributed by atoms with Crippen LogP contribution >= 0.6 is 11.6 Å². The number of aliphatic carboxylic acids is 1. The second-order valence-corrected chi connectivity index (χ2v) is 6.61. The average Bonchev–Trinajstić information content (AvgIpc) is 2.39. The lowest BCUT2D eigenvalue weighted by Gasteiger charge is -2.33. The van der Waals surface area contributed by atoms with E-state index in [0.29, 0.717) is 17.9 Å². The molecule has 0 fully saturated rings. The molecule has 2 N–H and O–H groups in total. The van der Waals surface area contributed by atoms with Crippen molar-refractivity contribution in [3.8, 4) is 0 Å².